The number of hydrogen-bond acceptors (Lipinski definition) is 11. The molecule has 2 saturated carbocycles. The molecule has 4 aliphatic rings. The van der Waals surface area contributed by atoms with Crippen LogP contribution in [0.25, 0.3) is 0 Å². The van der Waals surface area contributed by atoms with Crippen LogP contribution < -0.4 is 9.47 Å². The Balaban J connectivity index is 1.40. The Morgan fingerprint density at radius 2 is 1.75 bits per heavy atom. The number of oxime groups is 1. The van der Waals surface area contributed by atoms with Crippen molar-refractivity contribution in [3.8, 4) is 17.2 Å². The maximum Gasteiger partial charge on any atom is 0.269 e. The molecular formula is C52H65N3O10. The van der Waals surface area contributed by atoms with E-state index in [4.69, 9.17) is 24.2 Å². The number of hydrogen-bond donors (Lipinski definition) is 2. The Kier molecular flexibility index (Phi) is 16.6. The van der Waals surface area contributed by atoms with Gasteiger partial charge >= 0.3 is 0 Å². The van der Waals surface area contributed by atoms with Crippen molar-refractivity contribution in [3.05, 3.63) is 118 Å². The van der Waals surface area contributed by atoms with Crippen molar-refractivity contribution in [1.82, 2.24) is 4.90 Å². The second kappa shape index (κ2) is 22.7. The largest absolute Gasteiger partial charge is 0.459 e. The summed E-state index contributed by atoms with van der Waals surface area (Å²) in [5.41, 5.74) is 3.71. The van der Waals surface area contributed by atoms with E-state index in [1.807, 2.05) is 29.2 Å². The molecule has 1 heterocycles. The highest BCUT2D eigenvalue weighted by Crippen LogP contribution is 2.62. The monoisotopic (exact) mass is 891 g/mol. The average Bonchev–Trinajstić information content (AvgIpc) is 3.85. The Labute approximate surface area is 382 Å². The molecule has 13 nitrogen and oxygen atoms in total. The van der Waals surface area contributed by atoms with Crippen molar-refractivity contribution in [1.29, 1.82) is 0 Å². The van der Waals surface area contributed by atoms with Crippen LogP contribution >= 0.6 is 0 Å². The molecule has 65 heavy (non-hydrogen) atoms. The molecule has 0 unspecified atom stereocenters. The van der Waals surface area contributed by atoms with Crippen molar-refractivity contribution in [2.24, 2.45) is 28.8 Å². The Morgan fingerprint density at radius 3 is 2.46 bits per heavy atom. The minimum absolute atomic E-state index is 0.0144. The number of ether oxygens (including phenoxy) is 3. The van der Waals surface area contributed by atoms with Crippen LogP contribution in [0.5, 0.6) is 17.2 Å². The van der Waals surface area contributed by atoms with Crippen molar-refractivity contribution in [2.45, 2.75) is 121 Å². The molecule has 3 aromatic rings. The molecular weight excluding hydrogens is 827 g/mol. The Morgan fingerprint density at radius 1 is 1.00 bits per heavy atom. The zero-order chi connectivity index (χ0) is 45.8. The second-order valence-corrected chi connectivity index (χ2v) is 18.0. The lowest BCUT2D eigenvalue weighted by Crippen LogP contribution is -2.70. The summed E-state index contributed by atoms with van der Waals surface area (Å²) >= 11 is 0. The summed E-state index contributed by atoms with van der Waals surface area (Å²) < 4.78 is 21.0. The molecule has 1 aliphatic heterocycles. The number of rotatable bonds is 24. The van der Waals surface area contributed by atoms with Gasteiger partial charge in [0.25, 0.3) is 5.69 Å². The number of carbonyl (C=O) groups excluding carboxylic acids is 2. The molecule has 348 valence electrons. The van der Waals surface area contributed by atoms with Crippen LogP contribution in [0.4, 0.5) is 5.69 Å². The lowest BCUT2D eigenvalue weighted by Gasteiger charge is -2.60. The molecule has 7 rings (SSSR count). The van der Waals surface area contributed by atoms with Gasteiger partial charge in [-0.1, -0.05) is 74.9 Å². The molecule has 0 radical (unpaired) electrons. The van der Waals surface area contributed by atoms with Gasteiger partial charge in [0.2, 0.25) is 11.7 Å². The van der Waals surface area contributed by atoms with Gasteiger partial charge in [0.15, 0.2) is 0 Å². The topological polar surface area (TPSA) is 170 Å². The van der Waals surface area contributed by atoms with Crippen LogP contribution in [0.2, 0.25) is 0 Å². The fourth-order valence-corrected chi connectivity index (χ4v) is 10.9. The number of fused-ring (bicyclic) bond motifs is 2. The first kappa shape index (κ1) is 47.6. The van der Waals surface area contributed by atoms with E-state index in [0.717, 1.165) is 62.4 Å². The number of non-ortho nitro benzene ring substituents is 1. The predicted octanol–water partition coefficient (Wildman–Crippen LogP) is 10.2. The molecule has 2 fully saturated rings. The highest BCUT2D eigenvalue weighted by atomic mass is 16.7. The van der Waals surface area contributed by atoms with Crippen LogP contribution in [-0.4, -0.2) is 76.1 Å². The van der Waals surface area contributed by atoms with E-state index in [1.165, 1.54) is 25.0 Å². The number of aliphatic hydroxyl groups excluding tert-OH is 2. The maximum absolute atomic E-state index is 14.8. The third-order valence-corrected chi connectivity index (χ3v) is 13.8. The number of aldehydes is 1. The molecule has 1 amide bonds. The molecule has 6 atom stereocenters. The molecule has 0 aromatic heterocycles. The molecule has 0 saturated heterocycles. The number of allylic oxidation sites excluding steroid dienone is 1. The summed E-state index contributed by atoms with van der Waals surface area (Å²) in [6.45, 7) is 6.99. The SMILES string of the molecule is C=CCO[C@@]12Oc3ccc(Oc4cccc(C=O)c4)cc3[C@H]3[C@H](CCCCO)[C@@H](CCCCO)C=C(C(=NOCc4ccc([N+](=O)[O-])cc4)C[C@@H]1N(CCC)C(=O)CCC1CCCC1)[C@H]32. The zero-order valence-electron chi connectivity index (χ0n) is 37.7. The number of nitrogens with zero attached hydrogens (tertiary/aromatic N) is 3. The maximum atomic E-state index is 14.8. The van der Waals surface area contributed by atoms with Crippen molar-refractivity contribution >= 4 is 23.6 Å². The quantitative estimate of drug-likeness (QED) is 0.0290. The van der Waals surface area contributed by atoms with E-state index in [1.54, 1.807) is 36.4 Å². The molecule has 13 heteroatoms. The van der Waals surface area contributed by atoms with Gasteiger partial charge in [-0.05, 0) is 110 Å². The molecule has 3 aromatic carbocycles. The van der Waals surface area contributed by atoms with Crippen LogP contribution in [-0.2, 0) is 21.0 Å². The van der Waals surface area contributed by atoms with Crippen LogP contribution in [0.1, 0.15) is 124 Å². The lowest BCUT2D eigenvalue weighted by atomic mass is 9.55. The van der Waals surface area contributed by atoms with Gasteiger partial charge in [-0.3, -0.25) is 19.7 Å². The minimum atomic E-state index is -1.38. The number of nitro groups is 1. The third kappa shape index (κ3) is 11.0. The fourth-order valence-electron chi connectivity index (χ4n) is 10.9. The van der Waals surface area contributed by atoms with Gasteiger partial charge in [0, 0.05) is 61.8 Å². The number of carbonyl (C=O) groups is 2. The number of nitro benzene ring substituents is 1. The summed E-state index contributed by atoms with van der Waals surface area (Å²) in [6, 6.07) is 18.4. The van der Waals surface area contributed by atoms with E-state index in [0.29, 0.717) is 72.2 Å². The second-order valence-electron chi connectivity index (χ2n) is 18.0. The molecule has 2 N–H and O–H groups in total. The van der Waals surface area contributed by atoms with Crippen molar-refractivity contribution < 1.29 is 43.8 Å². The van der Waals surface area contributed by atoms with Crippen LogP contribution in [0.3, 0.4) is 0 Å². The normalized spacial score (nSPS) is 24.0. The highest BCUT2D eigenvalue weighted by molar-refractivity contribution is 6.03. The highest BCUT2D eigenvalue weighted by Gasteiger charge is 2.65. The van der Waals surface area contributed by atoms with E-state index in [2.05, 4.69) is 19.6 Å². The smallest absolute Gasteiger partial charge is 0.269 e. The molecule has 0 bridgehead atoms. The molecule has 0 spiro atoms. The number of aliphatic hydroxyl groups is 2. The predicted molar refractivity (Wildman–Crippen MR) is 248 cm³/mol. The molecule has 3 aliphatic carbocycles. The van der Waals surface area contributed by atoms with Crippen molar-refractivity contribution in [2.75, 3.05) is 26.4 Å². The first-order chi connectivity index (χ1) is 31.7. The summed E-state index contributed by atoms with van der Waals surface area (Å²) in [7, 11) is 0. The standard InChI is InChI=1S/C52H65N3O10/c1-3-26-54(49(59)25-20-36-12-5-6-13-36)48-33-46(53-63-35-37-18-21-40(22-19-37)55(60)61)44-31-39(15-7-9-27-56)43(17-8-10-28-57)50-45-32-42(64-41-16-11-14-38(30-41)34-58)23-24-47(45)65-52(48,51(44)50)62-29-4-2/h4,11,14,16,18-19,21-24,30-32,34,36,39,43,48,50-51,56-57H,2-3,5-10,12-13,15,17,20,25-29,33,35H2,1H3/t39-,43+,48-,50+,51+,52+/m0/s1. The van der Waals surface area contributed by atoms with E-state index in [9.17, 15) is 29.9 Å². The minimum Gasteiger partial charge on any atom is -0.459 e. The first-order valence-electron chi connectivity index (χ1n) is 23.7. The van der Waals surface area contributed by atoms with Gasteiger partial charge in [0.1, 0.15) is 36.2 Å². The van der Waals surface area contributed by atoms with Gasteiger partial charge in [-0.2, -0.15) is 0 Å². The van der Waals surface area contributed by atoms with Crippen LogP contribution in [0, 0.1) is 33.8 Å². The van der Waals surface area contributed by atoms with Gasteiger partial charge in [0.05, 0.1) is 23.2 Å². The lowest BCUT2D eigenvalue weighted by molar-refractivity contribution is -0.384. The number of unbranched alkanes of at least 4 members (excludes halogenated alkanes) is 2. The van der Waals surface area contributed by atoms with Gasteiger partial charge in [-0.15, -0.1) is 6.58 Å². The summed E-state index contributed by atoms with van der Waals surface area (Å²) in [6.07, 6.45) is 16.2. The Bertz CT molecular complexity index is 2170. The first-order valence-corrected chi connectivity index (χ1v) is 23.7. The van der Waals surface area contributed by atoms with E-state index in [-0.39, 0.29) is 62.2 Å². The summed E-state index contributed by atoms with van der Waals surface area (Å²) in [5.74, 6) is 0.239. The fraction of sp³-hybridized carbons (Fsp3) is 0.519. The van der Waals surface area contributed by atoms with Gasteiger partial charge in [-0.25, -0.2) is 0 Å². The van der Waals surface area contributed by atoms with E-state index < -0.39 is 22.7 Å². The number of amides is 1. The zero-order valence-corrected chi connectivity index (χ0v) is 37.7. The van der Waals surface area contributed by atoms with Gasteiger partial charge < -0.3 is 34.2 Å². The number of benzene rings is 3. The van der Waals surface area contributed by atoms with Crippen LogP contribution in [0.15, 0.2) is 96.2 Å². The Hall–Kier alpha value is -5.37. The van der Waals surface area contributed by atoms with E-state index >= 15 is 0 Å². The summed E-state index contributed by atoms with van der Waals surface area (Å²) in [4.78, 5) is 45.7. The van der Waals surface area contributed by atoms with Crippen molar-refractivity contribution in [3.63, 3.8) is 0 Å². The average molecular weight is 892 g/mol. The summed E-state index contributed by atoms with van der Waals surface area (Å²) in [5, 5.41) is 36.3. The third-order valence-electron chi connectivity index (χ3n) is 13.8.